The van der Waals surface area contributed by atoms with Crippen LogP contribution in [0.5, 0.6) is 11.5 Å². The van der Waals surface area contributed by atoms with E-state index < -0.39 is 0 Å². The van der Waals surface area contributed by atoms with Crippen molar-refractivity contribution >= 4 is 11.7 Å². The highest BCUT2D eigenvalue weighted by Gasteiger charge is 2.24. The minimum atomic E-state index is -0.117. The first-order chi connectivity index (χ1) is 16.6. The van der Waals surface area contributed by atoms with Crippen molar-refractivity contribution in [3.63, 3.8) is 0 Å². The molecule has 0 spiro atoms. The largest absolute Gasteiger partial charge is 0.493 e. The van der Waals surface area contributed by atoms with Crippen molar-refractivity contribution in [3.05, 3.63) is 58.7 Å². The Kier molecular flexibility index (Phi) is 8.19. The zero-order valence-electron chi connectivity index (χ0n) is 20.1. The molecule has 2 aliphatic rings. The van der Waals surface area contributed by atoms with E-state index in [9.17, 15) is 9.59 Å². The molecule has 2 aromatic carbocycles. The Hall–Kier alpha value is -2.90. The second-order valence-electron chi connectivity index (χ2n) is 8.84. The van der Waals surface area contributed by atoms with Crippen LogP contribution in [0.1, 0.15) is 52.4 Å². The summed E-state index contributed by atoms with van der Waals surface area (Å²) in [6, 6.07) is 11.8. The van der Waals surface area contributed by atoms with Crippen molar-refractivity contribution in [2.75, 3.05) is 47.1 Å². The van der Waals surface area contributed by atoms with Gasteiger partial charge in [-0.2, -0.15) is 0 Å². The van der Waals surface area contributed by atoms with Gasteiger partial charge in [0.1, 0.15) is 0 Å². The number of hydrogen-bond donors (Lipinski definition) is 1. The maximum absolute atomic E-state index is 12.7. The molecule has 2 aromatic rings. The molecule has 1 fully saturated rings. The Balaban J connectivity index is 1.37. The van der Waals surface area contributed by atoms with Crippen LogP contribution < -0.4 is 14.8 Å². The lowest BCUT2D eigenvalue weighted by molar-refractivity contribution is -0.121. The number of hydrogen-bond acceptors (Lipinski definition) is 6. The summed E-state index contributed by atoms with van der Waals surface area (Å²) < 4.78 is 16.4. The van der Waals surface area contributed by atoms with E-state index in [-0.39, 0.29) is 30.6 Å². The van der Waals surface area contributed by atoms with E-state index in [4.69, 9.17) is 14.2 Å². The van der Waals surface area contributed by atoms with E-state index in [1.54, 1.807) is 14.2 Å². The number of aryl methyl sites for hydroxylation is 2. The first-order valence-electron chi connectivity index (χ1n) is 12.0. The number of carbonyl (C=O) groups excluding carboxylic acids is 2. The van der Waals surface area contributed by atoms with Crippen LogP contribution in [0.3, 0.4) is 0 Å². The highest BCUT2D eigenvalue weighted by molar-refractivity contribution is 5.98. The van der Waals surface area contributed by atoms with Gasteiger partial charge in [0.15, 0.2) is 17.3 Å². The molecule has 0 bridgehead atoms. The van der Waals surface area contributed by atoms with E-state index in [1.165, 1.54) is 11.1 Å². The average Bonchev–Trinajstić information content (AvgIpc) is 3.36. The molecule has 7 heteroatoms. The Bertz CT molecular complexity index is 1020. The third-order valence-corrected chi connectivity index (χ3v) is 6.77. The Morgan fingerprint density at radius 3 is 2.50 bits per heavy atom. The molecular formula is C27H34N2O5. The van der Waals surface area contributed by atoms with Gasteiger partial charge in [-0.05, 0) is 54.2 Å². The topological polar surface area (TPSA) is 77.1 Å². The molecule has 4 rings (SSSR count). The summed E-state index contributed by atoms with van der Waals surface area (Å²) in [5.41, 5.74) is 4.37. The summed E-state index contributed by atoms with van der Waals surface area (Å²) in [6.07, 6.45) is 3.67. The van der Waals surface area contributed by atoms with Crippen molar-refractivity contribution in [2.24, 2.45) is 0 Å². The molecule has 1 amide bonds. The molecule has 0 aromatic heterocycles. The molecule has 1 N–H and O–H groups in total. The fourth-order valence-electron chi connectivity index (χ4n) is 4.82. The molecule has 182 valence electrons. The molecule has 34 heavy (non-hydrogen) atoms. The van der Waals surface area contributed by atoms with Gasteiger partial charge in [-0.1, -0.05) is 18.2 Å². The number of carbonyl (C=O) groups is 2. The molecule has 0 radical (unpaired) electrons. The van der Waals surface area contributed by atoms with Crippen LogP contribution in [0.25, 0.3) is 0 Å². The molecule has 1 aliphatic carbocycles. The number of nitrogens with one attached hydrogen (secondary N) is 1. The molecule has 1 unspecified atom stereocenters. The second-order valence-corrected chi connectivity index (χ2v) is 8.84. The average molecular weight is 467 g/mol. The number of nitrogens with zero attached hydrogens (tertiary/aromatic N) is 1. The van der Waals surface area contributed by atoms with Crippen molar-refractivity contribution in [2.45, 2.75) is 38.1 Å². The molecule has 1 aliphatic heterocycles. The van der Waals surface area contributed by atoms with Gasteiger partial charge in [-0.3, -0.25) is 14.5 Å². The third kappa shape index (κ3) is 5.77. The monoisotopic (exact) mass is 466 g/mol. The number of ketones is 1. The number of methoxy groups -OCH3 is 2. The van der Waals surface area contributed by atoms with Crippen LogP contribution >= 0.6 is 0 Å². The number of benzene rings is 2. The number of fused-ring (bicyclic) bond motifs is 1. The lowest BCUT2D eigenvalue weighted by atomic mass is 10.0. The van der Waals surface area contributed by atoms with Crippen molar-refractivity contribution in [1.29, 1.82) is 0 Å². The first-order valence-corrected chi connectivity index (χ1v) is 12.0. The maximum Gasteiger partial charge on any atom is 0.220 e. The lowest BCUT2D eigenvalue weighted by Crippen LogP contribution is -2.43. The molecular weight excluding hydrogens is 432 g/mol. The van der Waals surface area contributed by atoms with E-state index in [0.29, 0.717) is 36.8 Å². The molecule has 1 heterocycles. The number of morpholine rings is 1. The van der Waals surface area contributed by atoms with E-state index in [1.807, 2.05) is 30.3 Å². The summed E-state index contributed by atoms with van der Waals surface area (Å²) >= 11 is 0. The Morgan fingerprint density at radius 1 is 0.971 bits per heavy atom. The third-order valence-electron chi connectivity index (χ3n) is 6.77. The van der Waals surface area contributed by atoms with Gasteiger partial charge < -0.3 is 19.5 Å². The number of ether oxygens (including phenoxy) is 3. The van der Waals surface area contributed by atoms with Crippen molar-refractivity contribution in [1.82, 2.24) is 10.2 Å². The lowest BCUT2D eigenvalue weighted by Gasteiger charge is -2.35. The summed E-state index contributed by atoms with van der Waals surface area (Å²) in [5.74, 6) is 1.23. The SMILES string of the molecule is COc1ccc(C(CNC(=O)CCC(=O)c2ccc3c(c2)CCC3)N2CCOCC2)cc1OC. The van der Waals surface area contributed by atoms with Crippen LogP contribution in [0.15, 0.2) is 36.4 Å². The zero-order valence-corrected chi connectivity index (χ0v) is 20.1. The van der Waals surface area contributed by atoms with Gasteiger partial charge in [0.2, 0.25) is 5.91 Å². The van der Waals surface area contributed by atoms with Gasteiger partial charge in [0.25, 0.3) is 0 Å². The number of rotatable bonds is 10. The van der Waals surface area contributed by atoms with Crippen molar-refractivity contribution < 1.29 is 23.8 Å². The summed E-state index contributed by atoms with van der Waals surface area (Å²) in [6.45, 7) is 3.33. The fraction of sp³-hybridized carbons (Fsp3) is 0.481. The van der Waals surface area contributed by atoms with E-state index >= 15 is 0 Å². The minimum Gasteiger partial charge on any atom is -0.493 e. The van der Waals surface area contributed by atoms with Crippen LogP contribution in [-0.4, -0.2) is 63.7 Å². The van der Waals surface area contributed by atoms with Gasteiger partial charge in [-0.25, -0.2) is 0 Å². The quantitative estimate of drug-likeness (QED) is 0.541. The molecule has 0 saturated carbocycles. The van der Waals surface area contributed by atoms with Gasteiger partial charge in [0.05, 0.1) is 33.5 Å². The van der Waals surface area contributed by atoms with Crippen LogP contribution in [-0.2, 0) is 22.4 Å². The summed E-state index contributed by atoms with van der Waals surface area (Å²) in [4.78, 5) is 27.6. The first kappa shape index (κ1) is 24.2. The Morgan fingerprint density at radius 2 is 1.74 bits per heavy atom. The summed E-state index contributed by atoms with van der Waals surface area (Å²) in [5, 5.41) is 3.05. The highest BCUT2D eigenvalue weighted by Crippen LogP contribution is 2.32. The molecule has 1 saturated heterocycles. The molecule has 1 atom stereocenters. The summed E-state index contributed by atoms with van der Waals surface area (Å²) in [7, 11) is 3.23. The number of amides is 1. The number of Topliss-reactive ketones (excluding diaryl/α,β-unsaturated/α-hetero) is 1. The van der Waals surface area contributed by atoms with Crippen LogP contribution in [0.4, 0.5) is 0 Å². The predicted octanol–water partition coefficient (Wildman–Crippen LogP) is 3.35. The van der Waals surface area contributed by atoms with E-state index in [2.05, 4.69) is 16.3 Å². The Labute approximate surface area is 201 Å². The van der Waals surface area contributed by atoms with Gasteiger partial charge in [-0.15, -0.1) is 0 Å². The van der Waals surface area contributed by atoms with Gasteiger partial charge in [0, 0.05) is 38.0 Å². The maximum atomic E-state index is 12.7. The zero-order chi connectivity index (χ0) is 23.9. The minimum absolute atomic E-state index is 0.0227. The normalized spacial score (nSPS) is 16.5. The molecule has 7 nitrogen and oxygen atoms in total. The van der Waals surface area contributed by atoms with Gasteiger partial charge >= 0.3 is 0 Å². The van der Waals surface area contributed by atoms with Crippen LogP contribution in [0.2, 0.25) is 0 Å². The fourth-order valence-corrected chi connectivity index (χ4v) is 4.82. The predicted molar refractivity (Wildman–Crippen MR) is 130 cm³/mol. The smallest absolute Gasteiger partial charge is 0.220 e. The second kappa shape index (κ2) is 11.5. The van der Waals surface area contributed by atoms with Crippen LogP contribution in [0, 0.1) is 0 Å². The standard InChI is InChI=1S/C27H34N2O5/c1-32-25-10-8-21(17-26(25)33-2)23(29-12-14-34-15-13-29)18-28-27(31)11-9-24(30)22-7-6-19-4-3-5-20(19)16-22/h6-8,10,16-17,23H,3-5,9,11-15,18H2,1-2H3,(H,28,31). The van der Waals surface area contributed by atoms with E-state index in [0.717, 1.165) is 37.9 Å². The van der Waals surface area contributed by atoms with Crippen molar-refractivity contribution in [3.8, 4) is 11.5 Å². The highest BCUT2D eigenvalue weighted by atomic mass is 16.5.